The summed E-state index contributed by atoms with van der Waals surface area (Å²) in [7, 11) is 0. The van der Waals surface area contributed by atoms with Gasteiger partial charge in [-0.05, 0) is 44.4 Å². The van der Waals surface area contributed by atoms with E-state index in [0.29, 0.717) is 17.6 Å². The summed E-state index contributed by atoms with van der Waals surface area (Å²) in [6, 6.07) is 0. The van der Waals surface area contributed by atoms with Gasteiger partial charge < -0.3 is 0 Å². The summed E-state index contributed by atoms with van der Waals surface area (Å²) >= 11 is 0. The fraction of sp³-hybridized carbons (Fsp3) is 0.727. The SMILES string of the molecule is CC(=O)C1CC[C@@H]2CC=CC[C@@H]12. The molecule has 1 heteroatoms. The topological polar surface area (TPSA) is 17.1 Å². The van der Waals surface area contributed by atoms with Crippen molar-refractivity contribution in [2.75, 3.05) is 0 Å². The summed E-state index contributed by atoms with van der Waals surface area (Å²) in [5, 5.41) is 0. The van der Waals surface area contributed by atoms with Crippen molar-refractivity contribution in [3.05, 3.63) is 12.2 Å². The standard InChI is InChI=1S/C11H16O/c1-8(12)10-7-6-9-4-2-3-5-11(9)10/h2-3,9-11H,4-7H2,1H3/t9-,10?,11+/m0/s1. The van der Waals surface area contributed by atoms with Crippen LogP contribution >= 0.6 is 0 Å². The first-order chi connectivity index (χ1) is 5.79. The number of ketones is 1. The smallest absolute Gasteiger partial charge is 0.133 e. The molecule has 1 fully saturated rings. The van der Waals surface area contributed by atoms with Gasteiger partial charge >= 0.3 is 0 Å². The van der Waals surface area contributed by atoms with Crippen LogP contribution in [0.2, 0.25) is 0 Å². The van der Waals surface area contributed by atoms with Gasteiger partial charge in [-0.25, -0.2) is 0 Å². The summed E-state index contributed by atoms with van der Waals surface area (Å²) in [5.74, 6) is 2.31. The van der Waals surface area contributed by atoms with E-state index in [0.717, 1.165) is 18.8 Å². The van der Waals surface area contributed by atoms with Crippen molar-refractivity contribution in [3.63, 3.8) is 0 Å². The summed E-state index contributed by atoms with van der Waals surface area (Å²) in [6.07, 6.45) is 9.32. The molecule has 66 valence electrons. The van der Waals surface area contributed by atoms with Gasteiger partial charge in [0.25, 0.3) is 0 Å². The highest BCUT2D eigenvalue weighted by molar-refractivity contribution is 5.79. The molecule has 3 atom stereocenters. The Balaban J connectivity index is 2.11. The summed E-state index contributed by atoms with van der Waals surface area (Å²) < 4.78 is 0. The van der Waals surface area contributed by atoms with Crippen LogP contribution in [-0.4, -0.2) is 5.78 Å². The third-order valence-electron chi connectivity index (χ3n) is 3.51. The van der Waals surface area contributed by atoms with E-state index < -0.39 is 0 Å². The lowest BCUT2D eigenvalue weighted by molar-refractivity contribution is -0.121. The van der Waals surface area contributed by atoms with Crippen molar-refractivity contribution in [3.8, 4) is 0 Å². The monoisotopic (exact) mass is 164 g/mol. The van der Waals surface area contributed by atoms with Gasteiger partial charge in [0.05, 0.1) is 0 Å². The fourth-order valence-corrected chi connectivity index (χ4v) is 2.83. The molecule has 0 aliphatic heterocycles. The van der Waals surface area contributed by atoms with Crippen molar-refractivity contribution >= 4 is 5.78 Å². The van der Waals surface area contributed by atoms with Crippen LogP contribution in [0.5, 0.6) is 0 Å². The Labute approximate surface area is 73.8 Å². The van der Waals surface area contributed by atoms with Crippen molar-refractivity contribution in [2.24, 2.45) is 17.8 Å². The fourth-order valence-electron chi connectivity index (χ4n) is 2.83. The Morgan fingerprint density at radius 2 is 2.00 bits per heavy atom. The van der Waals surface area contributed by atoms with E-state index in [4.69, 9.17) is 0 Å². The summed E-state index contributed by atoms with van der Waals surface area (Å²) in [5.41, 5.74) is 0. The second kappa shape index (κ2) is 3.04. The molecule has 1 nitrogen and oxygen atoms in total. The van der Waals surface area contributed by atoms with Gasteiger partial charge in [-0.1, -0.05) is 12.2 Å². The normalized spacial score (nSPS) is 39.6. The molecule has 2 rings (SSSR count). The van der Waals surface area contributed by atoms with E-state index in [2.05, 4.69) is 12.2 Å². The molecular weight excluding hydrogens is 148 g/mol. The lowest BCUT2D eigenvalue weighted by atomic mass is 9.80. The zero-order chi connectivity index (χ0) is 8.55. The lowest BCUT2D eigenvalue weighted by Gasteiger charge is -2.24. The molecule has 0 N–H and O–H groups in total. The lowest BCUT2D eigenvalue weighted by Crippen LogP contribution is -2.21. The Morgan fingerprint density at radius 3 is 2.75 bits per heavy atom. The molecule has 2 aliphatic carbocycles. The van der Waals surface area contributed by atoms with Crippen LogP contribution in [0.1, 0.15) is 32.6 Å². The molecule has 0 radical (unpaired) electrons. The number of allylic oxidation sites excluding steroid dienone is 2. The summed E-state index contributed by atoms with van der Waals surface area (Å²) in [6.45, 7) is 1.76. The number of fused-ring (bicyclic) bond motifs is 1. The molecule has 0 aromatic carbocycles. The van der Waals surface area contributed by atoms with Gasteiger partial charge in [0, 0.05) is 5.92 Å². The molecule has 0 amide bonds. The Morgan fingerprint density at radius 1 is 1.25 bits per heavy atom. The molecule has 0 aromatic rings. The average molecular weight is 164 g/mol. The Kier molecular flexibility index (Phi) is 2.03. The number of rotatable bonds is 1. The van der Waals surface area contributed by atoms with Crippen LogP contribution in [0.15, 0.2) is 12.2 Å². The van der Waals surface area contributed by atoms with E-state index in [9.17, 15) is 4.79 Å². The number of Topliss-reactive ketones (excluding diaryl/α,β-unsaturated/α-hetero) is 1. The van der Waals surface area contributed by atoms with Crippen LogP contribution < -0.4 is 0 Å². The van der Waals surface area contributed by atoms with Crippen LogP contribution in [0.3, 0.4) is 0 Å². The Bertz CT molecular complexity index is 217. The first-order valence-corrected chi connectivity index (χ1v) is 4.94. The molecular formula is C11H16O. The van der Waals surface area contributed by atoms with Gasteiger partial charge in [0.2, 0.25) is 0 Å². The predicted molar refractivity (Wildman–Crippen MR) is 48.8 cm³/mol. The van der Waals surface area contributed by atoms with Gasteiger partial charge in [0.1, 0.15) is 5.78 Å². The van der Waals surface area contributed by atoms with Crippen molar-refractivity contribution < 1.29 is 4.79 Å². The second-order valence-electron chi connectivity index (χ2n) is 4.16. The molecule has 0 saturated heterocycles. The zero-order valence-corrected chi connectivity index (χ0v) is 7.62. The van der Waals surface area contributed by atoms with Crippen molar-refractivity contribution in [2.45, 2.75) is 32.6 Å². The van der Waals surface area contributed by atoms with Crippen molar-refractivity contribution in [1.82, 2.24) is 0 Å². The molecule has 0 bridgehead atoms. The van der Waals surface area contributed by atoms with E-state index in [1.165, 1.54) is 12.8 Å². The van der Waals surface area contributed by atoms with Crippen LogP contribution in [0, 0.1) is 17.8 Å². The van der Waals surface area contributed by atoms with Crippen LogP contribution in [-0.2, 0) is 4.79 Å². The number of carbonyl (C=O) groups excluding carboxylic acids is 1. The number of hydrogen-bond acceptors (Lipinski definition) is 1. The van der Waals surface area contributed by atoms with Crippen molar-refractivity contribution in [1.29, 1.82) is 0 Å². The minimum absolute atomic E-state index is 0.389. The van der Waals surface area contributed by atoms with Gasteiger partial charge in [-0.2, -0.15) is 0 Å². The molecule has 1 unspecified atom stereocenters. The third-order valence-corrected chi connectivity index (χ3v) is 3.51. The minimum Gasteiger partial charge on any atom is -0.300 e. The Hall–Kier alpha value is -0.590. The highest BCUT2D eigenvalue weighted by Gasteiger charge is 2.37. The molecule has 0 aromatic heterocycles. The molecule has 12 heavy (non-hydrogen) atoms. The molecule has 1 saturated carbocycles. The largest absolute Gasteiger partial charge is 0.300 e. The zero-order valence-electron chi connectivity index (χ0n) is 7.62. The van der Waals surface area contributed by atoms with E-state index >= 15 is 0 Å². The third kappa shape index (κ3) is 1.21. The summed E-state index contributed by atoms with van der Waals surface area (Å²) in [4.78, 5) is 11.3. The highest BCUT2D eigenvalue weighted by atomic mass is 16.1. The van der Waals surface area contributed by atoms with E-state index in [1.54, 1.807) is 6.92 Å². The molecule has 2 aliphatic rings. The van der Waals surface area contributed by atoms with Gasteiger partial charge in [0.15, 0.2) is 0 Å². The minimum atomic E-state index is 0.389. The number of hydrogen-bond donors (Lipinski definition) is 0. The average Bonchev–Trinajstić information content (AvgIpc) is 2.47. The highest BCUT2D eigenvalue weighted by Crippen LogP contribution is 2.43. The maximum Gasteiger partial charge on any atom is 0.133 e. The predicted octanol–water partition coefficient (Wildman–Crippen LogP) is 2.57. The quantitative estimate of drug-likeness (QED) is 0.544. The molecule has 0 spiro atoms. The van der Waals surface area contributed by atoms with Gasteiger partial charge in [-0.3, -0.25) is 4.79 Å². The number of carbonyl (C=O) groups is 1. The van der Waals surface area contributed by atoms with Crippen LogP contribution in [0.4, 0.5) is 0 Å². The first kappa shape index (κ1) is 8.03. The van der Waals surface area contributed by atoms with E-state index in [-0.39, 0.29) is 0 Å². The second-order valence-corrected chi connectivity index (χ2v) is 4.16. The van der Waals surface area contributed by atoms with Crippen LogP contribution in [0.25, 0.3) is 0 Å². The maximum absolute atomic E-state index is 11.3. The molecule has 0 heterocycles. The maximum atomic E-state index is 11.3. The van der Waals surface area contributed by atoms with E-state index in [1.807, 2.05) is 0 Å². The first-order valence-electron chi connectivity index (χ1n) is 4.94. The van der Waals surface area contributed by atoms with Gasteiger partial charge in [-0.15, -0.1) is 0 Å².